The van der Waals surface area contributed by atoms with Crippen molar-refractivity contribution in [3.63, 3.8) is 0 Å². The number of para-hydroxylation sites is 1. The molecular formula is C11H17NO3Si. The van der Waals surface area contributed by atoms with Gasteiger partial charge in [0.15, 0.2) is 8.32 Å². The highest BCUT2D eigenvalue weighted by Crippen LogP contribution is 2.24. The average molecular weight is 239 g/mol. The number of aryl methyl sites for hydroxylation is 1. The third-order valence-corrected chi connectivity index (χ3v) is 3.17. The van der Waals surface area contributed by atoms with Crippen LogP contribution in [0.5, 0.6) is 0 Å². The monoisotopic (exact) mass is 239 g/mol. The van der Waals surface area contributed by atoms with Crippen molar-refractivity contribution in [1.82, 2.24) is 0 Å². The Bertz CT molecular complexity index is 399. The molecule has 0 aromatic heterocycles. The SMILES string of the molecule is Cc1cccc(CO[Si](C)(C)C)c1[N+](=O)[O-]. The standard InChI is InChI=1S/C11H17NO3Si/c1-9-6-5-7-10(11(9)12(13)14)8-15-16(2,3)4/h5-7H,8H2,1-4H3. The summed E-state index contributed by atoms with van der Waals surface area (Å²) in [5.41, 5.74) is 1.52. The Balaban J connectivity index is 2.96. The maximum absolute atomic E-state index is 10.9. The van der Waals surface area contributed by atoms with Crippen LogP contribution in [0.1, 0.15) is 11.1 Å². The van der Waals surface area contributed by atoms with Crippen LogP contribution in [0.2, 0.25) is 19.6 Å². The zero-order valence-corrected chi connectivity index (χ0v) is 11.1. The molecule has 1 rings (SSSR count). The number of hydrogen-bond donors (Lipinski definition) is 0. The van der Waals surface area contributed by atoms with Crippen molar-refractivity contribution in [2.45, 2.75) is 33.2 Å². The summed E-state index contributed by atoms with van der Waals surface area (Å²) in [5, 5.41) is 10.9. The first-order chi connectivity index (χ1) is 7.31. The maximum atomic E-state index is 10.9. The molecule has 0 aliphatic heterocycles. The summed E-state index contributed by atoms with van der Waals surface area (Å²) in [5.74, 6) is 0. The van der Waals surface area contributed by atoms with E-state index < -0.39 is 8.32 Å². The number of nitro benzene ring substituents is 1. The van der Waals surface area contributed by atoms with E-state index in [0.717, 1.165) is 0 Å². The summed E-state index contributed by atoms with van der Waals surface area (Å²) in [6.07, 6.45) is 0. The molecule has 0 aliphatic rings. The first kappa shape index (κ1) is 12.9. The molecule has 0 bridgehead atoms. The van der Waals surface area contributed by atoms with Crippen LogP contribution in [0.25, 0.3) is 0 Å². The topological polar surface area (TPSA) is 52.4 Å². The van der Waals surface area contributed by atoms with Crippen LogP contribution < -0.4 is 0 Å². The normalized spacial score (nSPS) is 11.5. The van der Waals surface area contributed by atoms with Gasteiger partial charge >= 0.3 is 0 Å². The van der Waals surface area contributed by atoms with E-state index in [1.54, 1.807) is 19.1 Å². The Hall–Kier alpha value is -1.20. The van der Waals surface area contributed by atoms with Gasteiger partial charge < -0.3 is 4.43 Å². The van der Waals surface area contributed by atoms with E-state index in [2.05, 4.69) is 19.6 Å². The fourth-order valence-corrected chi connectivity index (χ4v) is 1.98. The molecule has 88 valence electrons. The molecule has 0 N–H and O–H groups in total. The van der Waals surface area contributed by atoms with Gasteiger partial charge in [-0.2, -0.15) is 0 Å². The van der Waals surface area contributed by atoms with Gasteiger partial charge in [0.2, 0.25) is 0 Å². The Morgan fingerprint density at radius 3 is 2.50 bits per heavy atom. The molecule has 0 saturated heterocycles. The van der Waals surface area contributed by atoms with Crippen molar-refractivity contribution in [1.29, 1.82) is 0 Å². The predicted molar refractivity (Wildman–Crippen MR) is 66.0 cm³/mol. The Morgan fingerprint density at radius 1 is 1.38 bits per heavy atom. The number of rotatable bonds is 4. The smallest absolute Gasteiger partial charge is 0.277 e. The van der Waals surface area contributed by atoms with E-state index in [4.69, 9.17) is 4.43 Å². The van der Waals surface area contributed by atoms with Crippen molar-refractivity contribution >= 4 is 14.0 Å². The zero-order chi connectivity index (χ0) is 12.3. The number of nitro groups is 1. The van der Waals surface area contributed by atoms with Gasteiger partial charge in [-0.05, 0) is 32.6 Å². The Labute approximate surface area is 96.5 Å². The Kier molecular flexibility index (Phi) is 3.82. The van der Waals surface area contributed by atoms with Gasteiger partial charge in [0.05, 0.1) is 17.1 Å². The van der Waals surface area contributed by atoms with Crippen molar-refractivity contribution in [2.75, 3.05) is 0 Å². The first-order valence-corrected chi connectivity index (χ1v) is 8.59. The molecule has 0 unspecified atom stereocenters. The fraction of sp³-hybridized carbons (Fsp3) is 0.455. The van der Waals surface area contributed by atoms with E-state index in [-0.39, 0.29) is 10.6 Å². The zero-order valence-electron chi connectivity index (χ0n) is 10.1. The third-order valence-electron chi connectivity index (χ3n) is 2.16. The molecule has 16 heavy (non-hydrogen) atoms. The van der Waals surface area contributed by atoms with Gasteiger partial charge in [0, 0.05) is 5.56 Å². The van der Waals surface area contributed by atoms with Crippen LogP contribution >= 0.6 is 0 Å². The van der Waals surface area contributed by atoms with Gasteiger partial charge in [0.25, 0.3) is 5.69 Å². The molecule has 1 aromatic carbocycles. The van der Waals surface area contributed by atoms with Gasteiger partial charge in [-0.15, -0.1) is 0 Å². The van der Waals surface area contributed by atoms with Crippen LogP contribution in [-0.2, 0) is 11.0 Å². The van der Waals surface area contributed by atoms with E-state index in [0.29, 0.717) is 17.7 Å². The summed E-state index contributed by atoms with van der Waals surface area (Å²) < 4.78 is 5.70. The highest BCUT2D eigenvalue weighted by Gasteiger charge is 2.20. The van der Waals surface area contributed by atoms with Crippen LogP contribution in [0.3, 0.4) is 0 Å². The summed E-state index contributed by atoms with van der Waals surface area (Å²) in [4.78, 5) is 10.6. The molecule has 0 aliphatic carbocycles. The second kappa shape index (κ2) is 4.76. The lowest BCUT2D eigenvalue weighted by Gasteiger charge is -2.17. The van der Waals surface area contributed by atoms with E-state index in [1.165, 1.54) is 0 Å². The van der Waals surface area contributed by atoms with Crippen LogP contribution in [0, 0.1) is 17.0 Å². The summed E-state index contributed by atoms with van der Waals surface area (Å²) in [6, 6.07) is 5.33. The lowest BCUT2D eigenvalue weighted by atomic mass is 10.1. The minimum absolute atomic E-state index is 0.181. The molecule has 0 amide bonds. The highest BCUT2D eigenvalue weighted by atomic mass is 28.4. The Morgan fingerprint density at radius 2 is 2.00 bits per heavy atom. The average Bonchev–Trinajstić information content (AvgIpc) is 2.12. The summed E-state index contributed by atoms with van der Waals surface area (Å²) in [7, 11) is -1.64. The fourth-order valence-electron chi connectivity index (χ4n) is 1.39. The minimum Gasteiger partial charge on any atom is -0.413 e. The van der Waals surface area contributed by atoms with Crippen LogP contribution in [-0.4, -0.2) is 13.2 Å². The molecule has 1 aromatic rings. The summed E-state index contributed by atoms with van der Waals surface area (Å²) >= 11 is 0. The quantitative estimate of drug-likeness (QED) is 0.460. The number of hydrogen-bond acceptors (Lipinski definition) is 3. The largest absolute Gasteiger partial charge is 0.413 e. The van der Waals surface area contributed by atoms with Crippen LogP contribution in [0.4, 0.5) is 5.69 Å². The molecular weight excluding hydrogens is 222 g/mol. The van der Waals surface area contributed by atoms with Gasteiger partial charge in [0.1, 0.15) is 0 Å². The second-order valence-electron chi connectivity index (χ2n) is 4.74. The second-order valence-corrected chi connectivity index (χ2v) is 9.25. The molecule has 0 heterocycles. The van der Waals surface area contributed by atoms with Crippen molar-refractivity contribution in [3.8, 4) is 0 Å². The van der Waals surface area contributed by atoms with Gasteiger partial charge in [-0.1, -0.05) is 12.1 Å². The van der Waals surface area contributed by atoms with E-state index in [1.807, 2.05) is 6.07 Å². The lowest BCUT2D eigenvalue weighted by Crippen LogP contribution is -2.25. The van der Waals surface area contributed by atoms with Crippen molar-refractivity contribution in [3.05, 3.63) is 39.4 Å². The molecule has 0 saturated carbocycles. The highest BCUT2D eigenvalue weighted by molar-refractivity contribution is 6.69. The summed E-state index contributed by atoms with van der Waals surface area (Å²) in [6.45, 7) is 8.27. The van der Waals surface area contributed by atoms with Gasteiger partial charge in [-0.25, -0.2) is 0 Å². The maximum Gasteiger partial charge on any atom is 0.277 e. The molecule has 0 spiro atoms. The molecule has 4 nitrogen and oxygen atoms in total. The van der Waals surface area contributed by atoms with Gasteiger partial charge in [-0.3, -0.25) is 10.1 Å². The minimum atomic E-state index is -1.64. The predicted octanol–water partition coefficient (Wildman–Crippen LogP) is 3.25. The first-order valence-electron chi connectivity index (χ1n) is 5.18. The number of benzene rings is 1. The number of nitrogens with zero attached hydrogens (tertiary/aromatic N) is 1. The van der Waals surface area contributed by atoms with E-state index >= 15 is 0 Å². The van der Waals surface area contributed by atoms with E-state index in [9.17, 15) is 10.1 Å². The molecule has 5 heteroatoms. The van der Waals surface area contributed by atoms with Crippen LogP contribution in [0.15, 0.2) is 18.2 Å². The molecule has 0 radical (unpaired) electrons. The van der Waals surface area contributed by atoms with Crippen molar-refractivity contribution in [2.24, 2.45) is 0 Å². The van der Waals surface area contributed by atoms with Crippen molar-refractivity contribution < 1.29 is 9.35 Å². The third kappa shape index (κ3) is 3.43. The lowest BCUT2D eigenvalue weighted by molar-refractivity contribution is -0.386. The molecule has 0 fully saturated rings. The molecule has 0 atom stereocenters.